The number of benzene rings is 1. The van der Waals surface area contributed by atoms with Crippen LogP contribution in [0.4, 0.5) is 4.79 Å². The Bertz CT molecular complexity index is 397. The van der Waals surface area contributed by atoms with Crippen molar-refractivity contribution in [1.29, 1.82) is 0 Å². The van der Waals surface area contributed by atoms with Gasteiger partial charge in [0.2, 0.25) is 5.91 Å². The zero-order chi connectivity index (χ0) is 13.9. The summed E-state index contributed by atoms with van der Waals surface area (Å²) in [5.74, 6) is 4.38. The lowest BCUT2D eigenvalue weighted by molar-refractivity contribution is -0.125. The van der Waals surface area contributed by atoms with E-state index in [0.29, 0.717) is 0 Å². The number of hydrogen-bond acceptors (Lipinski definition) is 5. The lowest BCUT2D eigenvalue weighted by Gasteiger charge is -2.07. The highest BCUT2D eigenvalue weighted by atomic mass is 16.6. The van der Waals surface area contributed by atoms with Gasteiger partial charge >= 0.3 is 6.09 Å². The van der Waals surface area contributed by atoms with Crippen molar-refractivity contribution in [2.45, 2.75) is 6.61 Å². The molecule has 104 valence electrons. The largest absolute Gasteiger partial charge is 0.445 e. The van der Waals surface area contributed by atoms with E-state index in [4.69, 9.17) is 10.6 Å². The van der Waals surface area contributed by atoms with Crippen LogP contribution in [0.1, 0.15) is 5.56 Å². The van der Waals surface area contributed by atoms with Gasteiger partial charge < -0.3 is 15.4 Å². The van der Waals surface area contributed by atoms with Crippen LogP contribution >= 0.6 is 0 Å². The maximum atomic E-state index is 11.3. The summed E-state index contributed by atoms with van der Waals surface area (Å²) in [6.07, 6.45) is -0.534. The summed E-state index contributed by atoms with van der Waals surface area (Å²) in [5.41, 5.74) is 0.908. The van der Waals surface area contributed by atoms with Gasteiger partial charge in [0, 0.05) is 13.1 Å². The van der Waals surface area contributed by atoms with E-state index in [1.54, 1.807) is 0 Å². The molecule has 0 saturated carbocycles. The highest BCUT2D eigenvalue weighted by Gasteiger charge is 2.03. The third kappa shape index (κ3) is 7.02. The van der Waals surface area contributed by atoms with Crippen molar-refractivity contribution in [2.24, 2.45) is 5.90 Å². The number of nitrogens with two attached hydrogens (primary N) is 1. The second-order valence-electron chi connectivity index (χ2n) is 3.65. The molecular formula is C12H17N3O4. The molecule has 7 heteroatoms. The van der Waals surface area contributed by atoms with Crippen molar-refractivity contribution in [3.05, 3.63) is 35.9 Å². The van der Waals surface area contributed by atoms with Gasteiger partial charge in [0.05, 0.1) is 0 Å². The molecule has 0 spiro atoms. The summed E-state index contributed by atoms with van der Waals surface area (Å²) in [4.78, 5) is 26.4. The minimum absolute atomic E-state index is 0.208. The lowest BCUT2D eigenvalue weighted by atomic mass is 10.2. The zero-order valence-electron chi connectivity index (χ0n) is 10.4. The zero-order valence-corrected chi connectivity index (χ0v) is 10.4. The van der Waals surface area contributed by atoms with Gasteiger partial charge in [-0.15, -0.1) is 0 Å². The summed E-state index contributed by atoms with van der Waals surface area (Å²) in [7, 11) is 0. The van der Waals surface area contributed by atoms with Crippen LogP contribution in [0, 0.1) is 0 Å². The molecule has 19 heavy (non-hydrogen) atoms. The van der Waals surface area contributed by atoms with Crippen LogP contribution in [0.2, 0.25) is 0 Å². The molecule has 0 heterocycles. The van der Waals surface area contributed by atoms with E-state index < -0.39 is 6.09 Å². The number of nitrogens with one attached hydrogen (secondary N) is 2. The molecule has 0 aliphatic heterocycles. The van der Waals surface area contributed by atoms with Crippen molar-refractivity contribution in [1.82, 2.24) is 10.6 Å². The van der Waals surface area contributed by atoms with E-state index in [9.17, 15) is 9.59 Å². The first-order valence-electron chi connectivity index (χ1n) is 5.75. The van der Waals surface area contributed by atoms with Crippen LogP contribution in [0.25, 0.3) is 0 Å². The number of alkyl carbamates (subject to hydrolysis) is 1. The molecule has 4 N–H and O–H groups in total. The second-order valence-corrected chi connectivity index (χ2v) is 3.65. The van der Waals surface area contributed by atoms with E-state index >= 15 is 0 Å². The first-order valence-corrected chi connectivity index (χ1v) is 5.75. The minimum atomic E-state index is -0.534. The predicted octanol–water partition coefficient (Wildman–Crippen LogP) is -0.0807. The first kappa shape index (κ1) is 14.9. The highest BCUT2D eigenvalue weighted by Crippen LogP contribution is 2.00. The molecule has 1 aromatic carbocycles. The molecule has 0 aliphatic carbocycles. The van der Waals surface area contributed by atoms with E-state index in [1.807, 2.05) is 30.3 Å². The van der Waals surface area contributed by atoms with Gasteiger partial charge in [-0.1, -0.05) is 30.3 Å². The molecule has 0 aromatic heterocycles. The molecule has 0 atom stereocenters. The van der Waals surface area contributed by atoms with E-state index in [0.717, 1.165) is 5.56 Å². The van der Waals surface area contributed by atoms with Gasteiger partial charge in [-0.2, -0.15) is 0 Å². The Morgan fingerprint density at radius 3 is 2.47 bits per heavy atom. The van der Waals surface area contributed by atoms with Crippen molar-refractivity contribution >= 4 is 12.0 Å². The maximum Gasteiger partial charge on any atom is 0.407 e. The van der Waals surface area contributed by atoms with Crippen LogP contribution in [0.5, 0.6) is 0 Å². The summed E-state index contributed by atoms with van der Waals surface area (Å²) >= 11 is 0. The molecule has 0 saturated heterocycles. The Labute approximate surface area is 111 Å². The van der Waals surface area contributed by atoms with Gasteiger partial charge in [0.15, 0.2) is 0 Å². The Morgan fingerprint density at radius 2 is 1.79 bits per heavy atom. The summed E-state index contributed by atoms with van der Waals surface area (Å²) < 4.78 is 4.98. The van der Waals surface area contributed by atoms with Crippen molar-refractivity contribution in [3.63, 3.8) is 0 Å². The van der Waals surface area contributed by atoms with Crippen LogP contribution in [-0.2, 0) is 21.0 Å². The smallest absolute Gasteiger partial charge is 0.407 e. The standard InChI is InChI=1S/C12H17N3O4/c13-19-9-11(16)14-6-7-15-12(17)18-8-10-4-2-1-3-5-10/h1-5H,6-9,13H2,(H,14,16)(H,15,17). The molecule has 1 rings (SSSR count). The Hall–Kier alpha value is -2.12. The Kier molecular flexibility index (Phi) is 7.00. The molecule has 0 unspecified atom stereocenters. The number of amides is 2. The average Bonchev–Trinajstić information content (AvgIpc) is 2.43. The van der Waals surface area contributed by atoms with Crippen LogP contribution in [0.3, 0.4) is 0 Å². The fourth-order valence-corrected chi connectivity index (χ4v) is 1.27. The first-order chi connectivity index (χ1) is 9.22. The third-order valence-electron chi connectivity index (χ3n) is 2.14. The minimum Gasteiger partial charge on any atom is -0.445 e. The molecule has 2 amide bonds. The summed E-state index contributed by atoms with van der Waals surface area (Å²) in [5, 5.41) is 5.00. The number of carbonyl (C=O) groups excluding carboxylic acids is 2. The fraction of sp³-hybridized carbons (Fsp3) is 0.333. The molecule has 7 nitrogen and oxygen atoms in total. The Balaban J connectivity index is 2.07. The molecular weight excluding hydrogens is 250 g/mol. The second kappa shape index (κ2) is 8.90. The van der Waals surface area contributed by atoms with Gasteiger partial charge in [-0.25, -0.2) is 10.7 Å². The number of rotatable bonds is 7. The number of hydrogen-bond donors (Lipinski definition) is 3. The van der Waals surface area contributed by atoms with Crippen molar-refractivity contribution in [2.75, 3.05) is 19.7 Å². The predicted molar refractivity (Wildman–Crippen MR) is 67.8 cm³/mol. The monoisotopic (exact) mass is 267 g/mol. The fourth-order valence-electron chi connectivity index (χ4n) is 1.27. The number of ether oxygens (including phenoxy) is 1. The quantitative estimate of drug-likeness (QED) is 0.473. The maximum absolute atomic E-state index is 11.3. The van der Waals surface area contributed by atoms with E-state index in [1.165, 1.54) is 0 Å². The molecule has 0 aliphatic rings. The molecule has 0 fully saturated rings. The van der Waals surface area contributed by atoms with Gasteiger partial charge in [-0.05, 0) is 5.56 Å². The normalized spacial score (nSPS) is 9.74. The Morgan fingerprint density at radius 1 is 1.11 bits per heavy atom. The average molecular weight is 267 g/mol. The van der Waals surface area contributed by atoms with Crippen LogP contribution in [0.15, 0.2) is 30.3 Å². The highest BCUT2D eigenvalue weighted by molar-refractivity contribution is 5.77. The summed E-state index contributed by atoms with van der Waals surface area (Å²) in [6.45, 7) is 0.547. The lowest BCUT2D eigenvalue weighted by Crippen LogP contribution is -2.36. The van der Waals surface area contributed by atoms with Gasteiger partial charge in [0.1, 0.15) is 13.2 Å². The van der Waals surface area contributed by atoms with Crippen molar-refractivity contribution < 1.29 is 19.2 Å². The topological polar surface area (TPSA) is 103 Å². The molecule has 0 bridgehead atoms. The van der Waals surface area contributed by atoms with Gasteiger partial charge in [-0.3, -0.25) is 9.63 Å². The van der Waals surface area contributed by atoms with Gasteiger partial charge in [0.25, 0.3) is 0 Å². The van der Waals surface area contributed by atoms with E-state index in [2.05, 4.69) is 15.5 Å². The number of carbonyl (C=O) groups is 2. The van der Waals surface area contributed by atoms with Crippen LogP contribution < -0.4 is 16.5 Å². The third-order valence-corrected chi connectivity index (χ3v) is 2.14. The SMILES string of the molecule is NOCC(=O)NCCNC(=O)OCc1ccccc1. The van der Waals surface area contributed by atoms with Crippen molar-refractivity contribution in [3.8, 4) is 0 Å². The van der Waals surface area contributed by atoms with Crippen LogP contribution in [-0.4, -0.2) is 31.7 Å². The van der Waals surface area contributed by atoms with E-state index in [-0.39, 0.29) is 32.2 Å². The molecule has 0 radical (unpaired) electrons. The molecule has 1 aromatic rings. The summed E-state index contributed by atoms with van der Waals surface area (Å²) in [6, 6.07) is 9.34.